The monoisotopic (exact) mass is 558 g/mol. The van der Waals surface area contributed by atoms with E-state index in [1.54, 1.807) is 24.5 Å². The number of hydrogen-bond donors (Lipinski definition) is 2. The number of fused-ring (bicyclic) bond motifs is 1. The maximum atomic E-state index is 15.1. The van der Waals surface area contributed by atoms with Gasteiger partial charge in [-0.3, -0.25) is 4.99 Å². The SMILES string of the molecule is C[C@]1(C(F)F)C[C@@](C)(c2cc(Nc3nccc4nc(OCc5ncccn5)cnc34)cc(F)c2F)N=C(N)S1. The minimum atomic E-state index is -2.77. The Morgan fingerprint density at radius 3 is 2.62 bits per heavy atom. The van der Waals surface area contributed by atoms with Crippen LogP contribution in [0.3, 0.4) is 0 Å². The number of halogens is 4. The minimum Gasteiger partial charge on any atom is -0.468 e. The fraction of sp³-hybridized carbons (Fsp3) is 0.280. The summed E-state index contributed by atoms with van der Waals surface area (Å²) in [5, 5.41) is 2.80. The number of thioether (sulfide) groups is 1. The van der Waals surface area contributed by atoms with Gasteiger partial charge in [-0.25, -0.2) is 42.5 Å². The molecule has 3 aromatic heterocycles. The third-order valence-corrected chi connectivity index (χ3v) is 7.22. The second-order valence-corrected chi connectivity index (χ2v) is 10.8. The molecule has 0 radical (unpaired) electrons. The number of anilines is 2. The molecule has 1 aromatic carbocycles. The molecule has 0 spiro atoms. The van der Waals surface area contributed by atoms with Crippen LogP contribution in [-0.2, 0) is 12.1 Å². The minimum absolute atomic E-state index is 0.0870. The van der Waals surface area contributed by atoms with E-state index in [0.29, 0.717) is 16.9 Å². The lowest BCUT2D eigenvalue weighted by atomic mass is 9.82. The van der Waals surface area contributed by atoms with E-state index in [1.165, 1.54) is 32.3 Å². The molecule has 3 N–H and O–H groups in total. The molecule has 1 aliphatic heterocycles. The molecule has 4 aromatic rings. The van der Waals surface area contributed by atoms with Crippen molar-refractivity contribution in [3.05, 3.63) is 72.1 Å². The summed E-state index contributed by atoms with van der Waals surface area (Å²) in [5.74, 6) is -1.48. The largest absolute Gasteiger partial charge is 0.468 e. The fourth-order valence-electron chi connectivity index (χ4n) is 4.36. The Morgan fingerprint density at radius 2 is 1.87 bits per heavy atom. The molecule has 14 heteroatoms. The van der Waals surface area contributed by atoms with Gasteiger partial charge in [-0.2, -0.15) is 0 Å². The summed E-state index contributed by atoms with van der Waals surface area (Å²) in [6, 6.07) is 5.54. The molecule has 1 aliphatic rings. The molecule has 0 saturated carbocycles. The standard InChI is InChI=1S/C25H22F4N8OS/c1-24(12-25(2,22(28)29)39-23(30)37-24)14-8-13(9-15(26)19(14)27)35-21-20-16(4-7-33-21)36-18(10-34-20)38-11-17-31-5-3-6-32-17/h3-10,22H,11-12H2,1-2H3,(H2,30,37)(H,33,35)/t24-,25+/m0/s1. The average molecular weight is 559 g/mol. The van der Waals surface area contributed by atoms with Gasteiger partial charge >= 0.3 is 0 Å². The topological polar surface area (TPSA) is 124 Å². The molecule has 4 heterocycles. The van der Waals surface area contributed by atoms with E-state index in [2.05, 4.69) is 35.2 Å². The Balaban J connectivity index is 1.45. The summed E-state index contributed by atoms with van der Waals surface area (Å²) < 4.78 is 61.5. The number of amidine groups is 1. The highest BCUT2D eigenvalue weighted by Gasteiger charge is 2.48. The third-order valence-electron chi connectivity index (χ3n) is 6.13. The number of rotatable bonds is 7. The molecular formula is C25H22F4N8OS. The second kappa shape index (κ2) is 10.2. The van der Waals surface area contributed by atoms with Crippen molar-refractivity contribution in [1.82, 2.24) is 24.9 Å². The predicted molar refractivity (Wildman–Crippen MR) is 139 cm³/mol. The first-order chi connectivity index (χ1) is 18.6. The Labute approximate surface area is 224 Å². The van der Waals surface area contributed by atoms with Crippen molar-refractivity contribution in [2.24, 2.45) is 10.7 Å². The summed E-state index contributed by atoms with van der Waals surface area (Å²) in [4.78, 5) is 25.4. The van der Waals surface area contributed by atoms with Gasteiger partial charge in [0.2, 0.25) is 5.88 Å². The van der Waals surface area contributed by atoms with Crippen molar-refractivity contribution in [3.8, 4) is 5.88 Å². The molecule has 0 aliphatic carbocycles. The van der Waals surface area contributed by atoms with Gasteiger partial charge < -0.3 is 15.8 Å². The molecular weight excluding hydrogens is 536 g/mol. The number of hydrogen-bond acceptors (Lipinski definition) is 10. The molecule has 0 amide bonds. The molecule has 0 bridgehead atoms. The fourth-order valence-corrected chi connectivity index (χ4v) is 5.53. The first-order valence-electron chi connectivity index (χ1n) is 11.7. The normalized spacial score (nSPS) is 21.2. The van der Waals surface area contributed by atoms with Crippen LogP contribution in [0.25, 0.3) is 11.0 Å². The number of alkyl halides is 2. The third kappa shape index (κ3) is 5.41. The van der Waals surface area contributed by atoms with Crippen molar-refractivity contribution in [3.63, 3.8) is 0 Å². The molecule has 39 heavy (non-hydrogen) atoms. The van der Waals surface area contributed by atoms with E-state index < -0.39 is 28.3 Å². The van der Waals surface area contributed by atoms with E-state index in [0.717, 1.165) is 17.8 Å². The van der Waals surface area contributed by atoms with Crippen LogP contribution in [0.15, 0.2) is 54.0 Å². The molecule has 5 rings (SSSR count). The molecule has 0 unspecified atom stereocenters. The number of nitrogens with two attached hydrogens (primary N) is 1. The van der Waals surface area contributed by atoms with E-state index >= 15 is 4.39 Å². The number of aliphatic imine (C=N–C) groups is 1. The maximum Gasteiger partial charge on any atom is 0.253 e. The zero-order valence-electron chi connectivity index (χ0n) is 20.7. The molecule has 0 saturated heterocycles. The van der Waals surface area contributed by atoms with E-state index in [9.17, 15) is 13.2 Å². The highest BCUT2D eigenvalue weighted by Crippen LogP contribution is 2.49. The van der Waals surface area contributed by atoms with Crippen LogP contribution in [0.2, 0.25) is 0 Å². The lowest BCUT2D eigenvalue weighted by Crippen LogP contribution is -2.44. The molecule has 2 atom stereocenters. The maximum absolute atomic E-state index is 15.1. The van der Waals surface area contributed by atoms with Crippen LogP contribution in [0.1, 0.15) is 31.7 Å². The summed E-state index contributed by atoms with van der Waals surface area (Å²) in [7, 11) is 0. The average Bonchev–Trinajstić information content (AvgIpc) is 2.89. The molecule has 0 fully saturated rings. The summed E-state index contributed by atoms with van der Waals surface area (Å²) >= 11 is 0.719. The zero-order valence-corrected chi connectivity index (χ0v) is 21.5. The Kier molecular flexibility index (Phi) is 6.97. The van der Waals surface area contributed by atoms with Gasteiger partial charge in [-0.05, 0) is 38.5 Å². The second-order valence-electron chi connectivity index (χ2n) is 9.25. The van der Waals surface area contributed by atoms with Gasteiger partial charge in [0.25, 0.3) is 6.43 Å². The quantitative estimate of drug-likeness (QED) is 0.298. The van der Waals surface area contributed by atoms with Gasteiger partial charge in [0.15, 0.2) is 28.4 Å². The number of nitrogens with zero attached hydrogens (tertiary/aromatic N) is 6. The number of nitrogens with one attached hydrogen (secondary N) is 1. The van der Waals surface area contributed by atoms with Gasteiger partial charge in [-0.1, -0.05) is 11.8 Å². The van der Waals surface area contributed by atoms with Gasteiger partial charge in [0.05, 0.1) is 22.0 Å². The van der Waals surface area contributed by atoms with Gasteiger partial charge in [0.1, 0.15) is 12.1 Å². The Morgan fingerprint density at radius 1 is 1.10 bits per heavy atom. The van der Waals surface area contributed by atoms with E-state index in [4.69, 9.17) is 10.5 Å². The van der Waals surface area contributed by atoms with Gasteiger partial charge in [0, 0.05) is 35.9 Å². The van der Waals surface area contributed by atoms with Crippen molar-refractivity contribution >= 4 is 39.5 Å². The van der Waals surface area contributed by atoms with Crippen LogP contribution >= 0.6 is 11.8 Å². The zero-order chi connectivity index (χ0) is 27.8. The number of pyridine rings is 1. The van der Waals surface area contributed by atoms with Crippen LogP contribution < -0.4 is 15.8 Å². The van der Waals surface area contributed by atoms with Crippen LogP contribution in [-0.4, -0.2) is 41.3 Å². The van der Waals surface area contributed by atoms with Crippen LogP contribution in [0.5, 0.6) is 5.88 Å². The molecule has 9 nitrogen and oxygen atoms in total. The summed E-state index contributed by atoms with van der Waals surface area (Å²) in [6.07, 6.45) is 3.01. The Hall–Kier alpha value is -4.07. The number of aromatic nitrogens is 5. The lowest BCUT2D eigenvalue weighted by molar-refractivity contribution is 0.0892. The Bertz CT molecular complexity index is 1560. The summed E-state index contributed by atoms with van der Waals surface area (Å²) in [6.45, 7) is 2.86. The first kappa shape index (κ1) is 26.5. The van der Waals surface area contributed by atoms with Crippen LogP contribution in [0.4, 0.5) is 29.1 Å². The first-order valence-corrected chi connectivity index (χ1v) is 12.5. The van der Waals surface area contributed by atoms with Gasteiger partial charge in [-0.15, -0.1) is 0 Å². The van der Waals surface area contributed by atoms with Crippen molar-refractivity contribution in [2.75, 3.05) is 5.32 Å². The highest BCUT2D eigenvalue weighted by atomic mass is 32.2. The predicted octanol–water partition coefficient (Wildman–Crippen LogP) is 5.11. The number of benzene rings is 1. The van der Waals surface area contributed by atoms with Crippen LogP contribution in [0, 0.1) is 11.6 Å². The van der Waals surface area contributed by atoms with Crippen molar-refractivity contribution < 1.29 is 22.3 Å². The number of ether oxygens (including phenoxy) is 1. The summed E-state index contributed by atoms with van der Waals surface area (Å²) in [5.41, 5.74) is 4.95. The van der Waals surface area contributed by atoms with E-state index in [-0.39, 0.29) is 41.1 Å². The molecule has 202 valence electrons. The van der Waals surface area contributed by atoms with E-state index in [1.807, 2.05) is 0 Å². The highest BCUT2D eigenvalue weighted by molar-refractivity contribution is 8.15. The lowest BCUT2D eigenvalue weighted by Gasteiger charge is -2.40. The van der Waals surface area contributed by atoms with Crippen molar-refractivity contribution in [2.45, 2.75) is 43.6 Å². The van der Waals surface area contributed by atoms with Crippen molar-refractivity contribution in [1.29, 1.82) is 0 Å². The smallest absolute Gasteiger partial charge is 0.253 e.